The molecule has 0 bridgehead atoms. The Morgan fingerprint density at radius 3 is 2.84 bits per heavy atom. The minimum atomic E-state index is 0.293. The smallest absolute Gasteiger partial charge is 0.114 e. The van der Waals surface area contributed by atoms with Gasteiger partial charge in [-0.3, -0.25) is 4.99 Å². The standard InChI is InChI=1S/C24H34ClN5S/c1-15(30(2)3)10-18(26)8-9-20-14-31-24(28-20)22-12-16-11-17(25)13-21(23(16)29-22)27-19-6-4-5-7-19/h11-13,15,19-20,26-27,29H,4-10,14H2,1-3H3/t15?,20-/m1/s1. The largest absolute Gasteiger partial charge is 0.381 e. The summed E-state index contributed by atoms with van der Waals surface area (Å²) in [6, 6.07) is 7.49. The number of nitrogens with one attached hydrogen (secondary N) is 3. The van der Waals surface area contributed by atoms with E-state index in [-0.39, 0.29) is 0 Å². The molecule has 3 N–H and O–H groups in total. The molecule has 2 atom stereocenters. The highest BCUT2D eigenvalue weighted by atomic mass is 35.5. The third-order valence-corrected chi connectivity index (χ3v) is 7.92. The van der Waals surface area contributed by atoms with Gasteiger partial charge < -0.3 is 20.6 Å². The highest BCUT2D eigenvalue weighted by molar-refractivity contribution is 8.14. The third-order valence-electron chi connectivity index (χ3n) is 6.55. The van der Waals surface area contributed by atoms with Gasteiger partial charge in [0.05, 0.1) is 22.9 Å². The maximum Gasteiger partial charge on any atom is 0.114 e. The van der Waals surface area contributed by atoms with Crippen LogP contribution in [0.1, 0.15) is 57.6 Å². The van der Waals surface area contributed by atoms with Crippen molar-refractivity contribution in [2.45, 2.75) is 70.0 Å². The number of fused-ring (bicyclic) bond motifs is 1. The Balaban J connectivity index is 1.43. The average Bonchev–Trinajstić information content (AvgIpc) is 3.46. The molecule has 168 valence electrons. The van der Waals surface area contributed by atoms with Crippen LogP contribution in [-0.2, 0) is 0 Å². The summed E-state index contributed by atoms with van der Waals surface area (Å²) in [5.41, 5.74) is 4.13. The minimum Gasteiger partial charge on any atom is -0.381 e. The Bertz CT molecular complexity index is 960. The van der Waals surface area contributed by atoms with Crippen LogP contribution in [0.4, 0.5) is 5.69 Å². The Hall–Kier alpha value is -1.50. The molecule has 2 heterocycles. The molecular formula is C24H34ClN5S. The van der Waals surface area contributed by atoms with E-state index in [1.807, 2.05) is 23.9 Å². The number of aliphatic imine (C=N–C) groups is 1. The minimum absolute atomic E-state index is 0.293. The summed E-state index contributed by atoms with van der Waals surface area (Å²) in [7, 11) is 4.15. The number of benzene rings is 1. The zero-order chi connectivity index (χ0) is 22.0. The zero-order valence-corrected chi connectivity index (χ0v) is 20.4. The van der Waals surface area contributed by atoms with Crippen molar-refractivity contribution < 1.29 is 0 Å². The maximum atomic E-state index is 8.29. The van der Waals surface area contributed by atoms with Crippen molar-refractivity contribution >= 4 is 50.7 Å². The topological polar surface area (TPSA) is 67.3 Å². The Morgan fingerprint density at radius 2 is 2.10 bits per heavy atom. The second kappa shape index (κ2) is 9.97. The highest BCUT2D eigenvalue weighted by Crippen LogP contribution is 2.34. The molecule has 5 nitrogen and oxygen atoms in total. The number of rotatable bonds is 9. The molecule has 0 spiro atoms. The van der Waals surface area contributed by atoms with Crippen molar-refractivity contribution in [1.82, 2.24) is 9.88 Å². The number of anilines is 1. The first kappa shape index (κ1) is 22.7. The van der Waals surface area contributed by atoms with Gasteiger partial charge in [0.2, 0.25) is 0 Å². The van der Waals surface area contributed by atoms with Gasteiger partial charge in [0, 0.05) is 40.4 Å². The second-order valence-electron chi connectivity index (χ2n) is 9.28. The summed E-state index contributed by atoms with van der Waals surface area (Å²) in [6.45, 7) is 2.17. The van der Waals surface area contributed by atoms with E-state index < -0.39 is 0 Å². The van der Waals surface area contributed by atoms with Crippen molar-refractivity contribution in [3.63, 3.8) is 0 Å². The Morgan fingerprint density at radius 1 is 1.32 bits per heavy atom. The lowest BCUT2D eigenvalue weighted by atomic mass is 10.0. The molecule has 1 aliphatic heterocycles. The van der Waals surface area contributed by atoms with Crippen molar-refractivity contribution in [2.24, 2.45) is 4.99 Å². The average molecular weight is 460 g/mol. The molecule has 1 aliphatic carbocycles. The summed E-state index contributed by atoms with van der Waals surface area (Å²) in [5.74, 6) is 0.995. The normalized spacial score (nSPS) is 20.5. The van der Waals surface area contributed by atoms with E-state index in [2.05, 4.69) is 42.3 Å². The summed E-state index contributed by atoms with van der Waals surface area (Å²) in [5, 5.41) is 15.0. The van der Waals surface area contributed by atoms with Gasteiger partial charge in [-0.05, 0) is 64.9 Å². The van der Waals surface area contributed by atoms with Crippen LogP contribution < -0.4 is 5.32 Å². The Labute approximate surface area is 194 Å². The van der Waals surface area contributed by atoms with Gasteiger partial charge in [0.15, 0.2) is 0 Å². The molecule has 1 saturated carbocycles. The monoisotopic (exact) mass is 459 g/mol. The lowest BCUT2D eigenvalue weighted by Gasteiger charge is -2.20. The van der Waals surface area contributed by atoms with Gasteiger partial charge in [-0.25, -0.2) is 0 Å². The quantitative estimate of drug-likeness (QED) is 0.392. The number of hydrogen-bond donors (Lipinski definition) is 3. The molecule has 0 radical (unpaired) electrons. The van der Waals surface area contributed by atoms with Gasteiger partial charge >= 0.3 is 0 Å². The van der Waals surface area contributed by atoms with Crippen molar-refractivity contribution in [3.8, 4) is 0 Å². The summed E-state index contributed by atoms with van der Waals surface area (Å²) >= 11 is 8.23. The fourth-order valence-electron chi connectivity index (χ4n) is 4.42. The molecule has 7 heteroatoms. The molecule has 4 rings (SSSR count). The zero-order valence-electron chi connectivity index (χ0n) is 18.8. The fraction of sp³-hybridized carbons (Fsp3) is 0.583. The van der Waals surface area contributed by atoms with E-state index >= 15 is 0 Å². The number of aromatic nitrogens is 1. The van der Waals surface area contributed by atoms with E-state index in [4.69, 9.17) is 22.0 Å². The van der Waals surface area contributed by atoms with Crippen LogP contribution in [0.3, 0.4) is 0 Å². The van der Waals surface area contributed by atoms with E-state index in [9.17, 15) is 0 Å². The summed E-state index contributed by atoms with van der Waals surface area (Å²) < 4.78 is 0. The van der Waals surface area contributed by atoms with Crippen molar-refractivity contribution in [3.05, 3.63) is 28.9 Å². The number of aromatic amines is 1. The highest BCUT2D eigenvalue weighted by Gasteiger charge is 2.23. The Kier molecular flexibility index (Phi) is 7.29. The molecular weight excluding hydrogens is 426 g/mol. The SMILES string of the molecule is CC(CC(=N)CC[C@@H]1CSC(c2cc3cc(Cl)cc(NC4CCCC4)c3[nH]2)=N1)N(C)C. The first-order chi connectivity index (χ1) is 14.9. The summed E-state index contributed by atoms with van der Waals surface area (Å²) in [6.07, 6.45) is 7.69. The van der Waals surface area contributed by atoms with Crippen LogP contribution in [0.25, 0.3) is 10.9 Å². The van der Waals surface area contributed by atoms with Gasteiger partial charge in [-0.2, -0.15) is 0 Å². The van der Waals surface area contributed by atoms with Gasteiger partial charge in [0.25, 0.3) is 0 Å². The number of H-pyrrole nitrogens is 1. The van der Waals surface area contributed by atoms with E-state index in [0.29, 0.717) is 18.1 Å². The molecule has 1 aromatic carbocycles. The van der Waals surface area contributed by atoms with Gasteiger partial charge in [-0.15, -0.1) is 11.8 Å². The summed E-state index contributed by atoms with van der Waals surface area (Å²) in [4.78, 5) is 10.8. The van der Waals surface area contributed by atoms with Gasteiger partial charge in [-0.1, -0.05) is 24.4 Å². The molecule has 0 saturated heterocycles. The van der Waals surface area contributed by atoms with Crippen LogP contribution in [-0.4, -0.2) is 58.6 Å². The lowest BCUT2D eigenvalue weighted by molar-refractivity contribution is 0.320. The number of thioether (sulfide) groups is 1. The molecule has 2 aromatic rings. The number of nitrogens with zero attached hydrogens (tertiary/aromatic N) is 2. The van der Waals surface area contributed by atoms with Crippen LogP contribution in [0.5, 0.6) is 0 Å². The predicted molar refractivity (Wildman–Crippen MR) is 137 cm³/mol. The molecule has 1 unspecified atom stereocenters. The van der Waals surface area contributed by atoms with Gasteiger partial charge in [0.1, 0.15) is 5.04 Å². The molecule has 1 fully saturated rings. The second-order valence-corrected chi connectivity index (χ2v) is 10.7. The van der Waals surface area contributed by atoms with Crippen LogP contribution in [0.15, 0.2) is 23.2 Å². The molecule has 31 heavy (non-hydrogen) atoms. The molecule has 2 aliphatic rings. The first-order valence-electron chi connectivity index (χ1n) is 11.4. The lowest BCUT2D eigenvalue weighted by Crippen LogP contribution is -2.27. The fourth-order valence-corrected chi connectivity index (χ4v) is 5.73. The molecule has 0 amide bonds. The van der Waals surface area contributed by atoms with Crippen LogP contribution in [0, 0.1) is 5.41 Å². The van der Waals surface area contributed by atoms with E-state index in [1.54, 1.807) is 0 Å². The van der Waals surface area contributed by atoms with E-state index in [0.717, 1.165) is 63.1 Å². The molecule has 1 aromatic heterocycles. The number of hydrogen-bond acceptors (Lipinski definition) is 5. The van der Waals surface area contributed by atoms with Crippen molar-refractivity contribution in [2.75, 3.05) is 25.2 Å². The van der Waals surface area contributed by atoms with Crippen molar-refractivity contribution in [1.29, 1.82) is 5.41 Å². The van der Waals surface area contributed by atoms with Crippen LogP contribution >= 0.6 is 23.4 Å². The maximum absolute atomic E-state index is 8.29. The van der Waals surface area contributed by atoms with Crippen LogP contribution in [0.2, 0.25) is 5.02 Å². The first-order valence-corrected chi connectivity index (χ1v) is 12.8. The predicted octanol–water partition coefficient (Wildman–Crippen LogP) is 6.18. The third kappa shape index (κ3) is 5.65. The van der Waals surface area contributed by atoms with E-state index in [1.165, 1.54) is 25.7 Å². The number of halogens is 1.